The van der Waals surface area contributed by atoms with Crippen molar-refractivity contribution in [3.05, 3.63) is 35.4 Å². The topological polar surface area (TPSA) is 67.9 Å². The highest BCUT2D eigenvalue weighted by Gasteiger charge is 2.47. The number of carbonyl (C=O) groups excluding carboxylic acids is 2. The van der Waals surface area contributed by atoms with E-state index in [-0.39, 0.29) is 23.7 Å². The summed E-state index contributed by atoms with van der Waals surface area (Å²) in [5.74, 6) is 0.697. The van der Waals surface area contributed by atoms with Crippen LogP contribution >= 0.6 is 24.0 Å². The molecule has 0 bridgehead atoms. The minimum Gasteiger partial charge on any atom is -0.354 e. The molecule has 2 saturated heterocycles. The van der Waals surface area contributed by atoms with Crippen LogP contribution in [0.1, 0.15) is 17.5 Å². The Morgan fingerprint density at radius 3 is 2.70 bits per heavy atom. The molecular formula is C22H28N2O4S2. The third-order valence-electron chi connectivity index (χ3n) is 6.48. The molecule has 4 rings (SSSR count). The Morgan fingerprint density at radius 1 is 1.23 bits per heavy atom. The highest BCUT2D eigenvalue weighted by molar-refractivity contribution is 7.99. The summed E-state index contributed by atoms with van der Waals surface area (Å²) in [6.45, 7) is 0.426. The zero-order chi connectivity index (χ0) is 21.3. The van der Waals surface area contributed by atoms with Crippen molar-refractivity contribution in [2.45, 2.75) is 37.6 Å². The first-order valence-electron chi connectivity index (χ1n) is 10.4. The molecule has 2 aliphatic heterocycles. The van der Waals surface area contributed by atoms with Crippen molar-refractivity contribution in [2.24, 2.45) is 11.8 Å². The lowest BCUT2D eigenvalue weighted by molar-refractivity contribution is -0.157. The van der Waals surface area contributed by atoms with Crippen LogP contribution in [0.25, 0.3) is 0 Å². The number of fused-ring (bicyclic) bond motifs is 1. The Labute approximate surface area is 187 Å². The summed E-state index contributed by atoms with van der Waals surface area (Å²) in [6, 6.07) is 7.53. The maximum Gasteiger partial charge on any atom is 0.241 e. The van der Waals surface area contributed by atoms with Crippen LogP contribution in [0.4, 0.5) is 0 Å². The van der Waals surface area contributed by atoms with E-state index in [1.165, 1.54) is 11.1 Å². The Morgan fingerprint density at radius 2 is 1.97 bits per heavy atom. The lowest BCUT2D eigenvalue weighted by Gasteiger charge is -2.33. The number of thioether (sulfide) groups is 1. The quantitative estimate of drug-likeness (QED) is 0.526. The van der Waals surface area contributed by atoms with Crippen molar-refractivity contribution in [2.75, 3.05) is 32.4 Å². The first kappa shape index (κ1) is 21.9. The number of nitrogens with one attached hydrogen (secondary N) is 1. The smallest absolute Gasteiger partial charge is 0.241 e. The minimum atomic E-state index is -0.599. The fourth-order valence-electron chi connectivity index (χ4n) is 4.87. The number of carbonyl (C=O) groups is 2. The lowest BCUT2D eigenvalue weighted by atomic mass is 9.76. The van der Waals surface area contributed by atoms with Gasteiger partial charge in [0.15, 0.2) is 6.29 Å². The van der Waals surface area contributed by atoms with Gasteiger partial charge in [0.2, 0.25) is 5.91 Å². The van der Waals surface area contributed by atoms with Gasteiger partial charge in [-0.2, -0.15) is 0 Å². The van der Waals surface area contributed by atoms with Crippen LogP contribution in [-0.2, 0) is 31.9 Å². The average molecular weight is 449 g/mol. The Hall–Kier alpha value is -1.32. The number of ketones is 1. The molecule has 1 aromatic rings. The molecule has 1 aliphatic carbocycles. The molecule has 2 heterocycles. The number of ether oxygens (including phenoxy) is 2. The number of methoxy groups -OCH3 is 2. The average Bonchev–Trinajstić information content (AvgIpc) is 3.40. The van der Waals surface area contributed by atoms with Crippen LogP contribution in [0.15, 0.2) is 24.3 Å². The predicted molar refractivity (Wildman–Crippen MR) is 121 cm³/mol. The van der Waals surface area contributed by atoms with Gasteiger partial charge in [0.05, 0.1) is 17.8 Å². The number of amides is 1. The van der Waals surface area contributed by atoms with E-state index in [9.17, 15) is 9.59 Å². The van der Waals surface area contributed by atoms with Gasteiger partial charge in [-0.3, -0.25) is 9.59 Å². The van der Waals surface area contributed by atoms with Crippen LogP contribution in [0.2, 0.25) is 0 Å². The van der Waals surface area contributed by atoms with E-state index in [0.29, 0.717) is 17.3 Å². The molecule has 0 radical (unpaired) electrons. The largest absolute Gasteiger partial charge is 0.354 e. The summed E-state index contributed by atoms with van der Waals surface area (Å²) in [6.07, 6.45) is 1.95. The number of hydrogen-bond acceptors (Lipinski definition) is 7. The van der Waals surface area contributed by atoms with Crippen molar-refractivity contribution >= 4 is 40.5 Å². The maximum absolute atomic E-state index is 13.5. The van der Waals surface area contributed by atoms with E-state index in [1.807, 2.05) is 12.1 Å². The molecule has 4 atom stereocenters. The minimum absolute atomic E-state index is 0.0847. The van der Waals surface area contributed by atoms with E-state index < -0.39 is 18.2 Å². The number of benzene rings is 1. The fraction of sp³-hybridized carbons (Fsp3) is 0.591. The van der Waals surface area contributed by atoms with E-state index in [0.717, 1.165) is 25.0 Å². The highest BCUT2D eigenvalue weighted by Crippen LogP contribution is 2.32. The van der Waals surface area contributed by atoms with E-state index >= 15 is 0 Å². The second kappa shape index (κ2) is 9.44. The van der Waals surface area contributed by atoms with E-state index in [1.54, 1.807) is 30.9 Å². The van der Waals surface area contributed by atoms with Gasteiger partial charge in [-0.25, -0.2) is 0 Å². The zero-order valence-corrected chi connectivity index (χ0v) is 19.0. The van der Waals surface area contributed by atoms with E-state index in [4.69, 9.17) is 21.7 Å². The zero-order valence-electron chi connectivity index (χ0n) is 17.3. The lowest BCUT2D eigenvalue weighted by Crippen LogP contribution is -2.54. The molecule has 0 aromatic heterocycles. The van der Waals surface area contributed by atoms with Crippen LogP contribution in [-0.4, -0.2) is 72.2 Å². The van der Waals surface area contributed by atoms with Crippen molar-refractivity contribution in [3.63, 3.8) is 0 Å². The normalized spacial score (nSPS) is 28.8. The molecule has 3 aliphatic rings. The van der Waals surface area contributed by atoms with Crippen LogP contribution in [0.3, 0.4) is 0 Å². The third kappa shape index (κ3) is 4.08. The third-order valence-corrected chi connectivity index (χ3v) is 7.92. The summed E-state index contributed by atoms with van der Waals surface area (Å²) >= 11 is 7.22. The number of Topliss-reactive ketones (excluding diaryl/α,β-unsaturated/α-hetero) is 1. The first-order valence-corrected chi connectivity index (χ1v) is 11.9. The van der Waals surface area contributed by atoms with Gasteiger partial charge in [-0.15, -0.1) is 11.8 Å². The summed E-state index contributed by atoms with van der Waals surface area (Å²) in [4.78, 5) is 29.4. The van der Waals surface area contributed by atoms with E-state index in [2.05, 4.69) is 17.4 Å². The van der Waals surface area contributed by atoms with Crippen molar-refractivity contribution < 1.29 is 19.1 Å². The monoisotopic (exact) mass is 448 g/mol. The molecule has 0 spiro atoms. The summed E-state index contributed by atoms with van der Waals surface area (Å²) in [5.41, 5.74) is 2.56. The number of thiocarbonyl (C=S) groups is 1. The number of rotatable bonds is 6. The van der Waals surface area contributed by atoms with Gasteiger partial charge in [-0.1, -0.05) is 36.5 Å². The summed E-state index contributed by atoms with van der Waals surface area (Å²) < 4.78 is 10.8. The Kier molecular flexibility index (Phi) is 6.89. The predicted octanol–water partition coefficient (Wildman–Crippen LogP) is 1.84. The molecule has 8 heteroatoms. The second-order valence-corrected chi connectivity index (χ2v) is 9.65. The van der Waals surface area contributed by atoms with Crippen LogP contribution in [0.5, 0.6) is 0 Å². The summed E-state index contributed by atoms with van der Waals surface area (Å²) in [7, 11) is 3.16. The molecule has 6 nitrogen and oxygen atoms in total. The first-order chi connectivity index (χ1) is 14.5. The molecule has 1 aromatic carbocycles. The SMILES string of the molecule is COC(OC)[C@@H]1CSCN1C(=O)[C@H]1NCC(=S)C1C(=O)[C@H]1CCc2ccccc2C1. The molecule has 1 amide bonds. The Bertz CT molecular complexity index is 829. The van der Waals surface area contributed by atoms with Crippen LogP contribution in [0, 0.1) is 11.8 Å². The van der Waals surface area contributed by atoms with Gasteiger partial charge in [0, 0.05) is 37.3 Å². The number of aryl methyl sites for hydroxylation is 1. The number of hydrogen-bond donors (Lipinski definition) is 1. The molecule has 30 heavy (non-hydrogen) atoms. The highest BCUT2D eigenvalue weighted by atomic mass is 32.2. The van der Waals surface area contributed by atoms with Gasteiger partial charge >= 0.3 is 0 Å². The van der Waals surface area contributed by atoms with Gasteiger partial charge < -0.3 is 19.7 Å². The van der Waals surface area contributed by atoms with Crippen molar-refractivity contribution in [3.8, 4) is 0 Å². The maximum atomic E-state index is 13.5. The van der Waals surface area contributed by atoms with Gasteiger partial charge in [0.1, 0.15) is 11.8 Å². The van der Waals surface area contributed by atoms with Crippen molar-refractivity contribution in [1.29, 1.82) is 0 Å². The van der Waals surface area contributed by atoms with Crippen molar-refractivity contribution in [1.82, 2.24) is 10.2 Å². The number of nitrogens with zero attached hydrogens (tertiary/aromatic N) is 1. The standard InChI is InChI=1S/C22H28N2O4S2/c1-27-22(28-2)16-11-30-12-24(16)21(26)19-18(17(29)10-23-19)20(25)15-8-7-13-5-3-4-6-14(13)9-15/h3-6,15-16,18-19,22-23H,7-12H2,1-2H3/t15-,16-,18?,19-/m0/s1. The molecule has 0 saturated carbocycles. The van der Waals surface area contributed by atoms with Crippen LogP contribution < -0.4 is 5.32 Å². The molecule has 2 fully saturated rings. The molecular weight excluding hydrogens is 420 g/mol. The second-order valence-electron chi connectivity index (χ2n) is 8.13. The molecule has 1 N–H and O–H groups in total. The molecule has 162 valence electrons. The van der Waals surface area contributed by atoms with Gasteiger partial charge in [0.25, 0.3) is 0 Å². The Balaban J connectivity index is 1.51. The van der Waals surface area contributed by atoms with Gasteiger partial charge in [-0.05, 0) is 30.4 Å². The summed E-state index contributed by atoms with van der Waals surface area (Å²) in [5, 5.41) is 3.22. The molecule has 1 unspecified atom stereocenters. The fourth-order valence-corrected chi connectivity index (χ4v) is 6.41.